The molecule has 2 nitrogen and oxygen atoms in total. The monoisotopic (exact) mass is 1220 g/mol. The molecule has 0 amide bonds. The second kappa shape index (κ2) is 24.6. The van der Waals surface area contributed by atoms with Crippen LogP contribution in [0.1, 0.15) is 184 Å². The number of benzene rings is 10. The van der Waals surface area contributed by atoms with E-state index in [4.69, 9.17) is 11.6 Å². The highest BCUT2D eigenvalue weighted by molar-refractivity contribution is 6.31. The summed E-state index contributed by atoms with van der Waals surface area (Å²) in [6.45, 7) is 48.5. The predicted octanol–water partition coefficient (Wildman–Crippen LogP) is 26.7. The zero-order chi connectivity index (χ0) is 66.0. The molecular weight excluding hydrogens is 1120 g/mol. The minimum Gasteiger partial charge on any atom is -0.309 e. The van der Waals surface area contributed by atoms with Gasteiger partial charge in [-0.2, -0.15) is 0 Å². The molecule has 0 unspecified atom stereocenters. The van der Waals surface area contributed by atoms with Crippen LogP contribution in [0.3, 0.4) is 0 Å². The van der Waals surface area contributed by atoms with Crippen LogP contribution in [0, 0.1) is 0 Å². The molecule has 10 aromatic carbocycles. The van der Waals surface area contributed by atoms with Crippen molar-refractivity contribution in [2.45, 2.75) is 183 Å². The van der Waals surface area contributed by atoms with E-state index in [0.717, 1.165) is 84.2 Å². The van der Waals surface area contributed by atoms with Crippen molar-refractivity contribution in [1.82, 2.24) is 0 Å². The lowest BCUT2D eigenvalue weighted by Gasteiger charge is -2.35. The van der Waals surface area contributed by atoms with E-state index in [-0.39, 0.29) is 37.9 Å². The second-order valence-electron chi connectivity index (χ2n) is 32.7. The lowest BCUT2D eigenvalue weighted by molar-refractivity contribution is 0.569. The van der Waals surface area contributed by atoms with Gasteiger partial charge in [0.1, 0.15) is 0 Å². The van der Waals surface area contributed by atoms with Gasteiger partial charge in [0.15, 0.2) is 0 Å². The van der Waals surface area contributed by atoms with E-state index in [1.54, 1.807) is 0 Å². The maximum absolute atomic E-state index is 7.26. The van der Waals surface area contributed by atoms with Gasteiger partial charge in [-0.15, -0.1) is 0 Å². The first-order valence-electron chi connectivity index (χ1n) is 32.9. The quantitative estimate of drug-likeness (QED) is 0.127. The molecule has 0 aromatic heterocycles. The molecule has 0 radical (unpaired) electrons. The lowest BCUT2D eigenvalue weighted by Crippen LogP contribution is -2.19. The highest BCUT2D eigenvalue weighted by Crippen LogP contribution is 2.53. The van der Waals surface area contributed by atoms with E-state index >= 15 is 0 Å². The van der Waals surface area contributed by atoms with E-state index in [1.807, 2.05) is 6.07 Å². The lowest BCUT2D eigenvalue weighted by atomic mass is 9.79. The molecule has 0 atom stereocenters. The van der Waals surface area contributed by atoms with Crippen LogP contribution in [0.15, 0.2) is 218 Å². The molecule has 0 bridgehead atoms. The van der Waals surface area contributed by atoms with Crippen LogP contribution >= 0.6 is 11.6 Å². The third kappa shape index (κ3) is 14.6. The molecule has 3 heteroatoms. The summed E-state index contributed by atoms with van der Waals surface area (Å²) < 4.78 is 0. The van der Waals surface area contributed by atoms with Crippen molar-refractivity contribution >= 4 is 45.7 Å². The fraction of sp³-hybridized carbons (Fsp3) is 0.318. The highest BCUT2D eigenvalue weighted by atomic mass is 35.5. The summed E-state index contributed by atoms with van der Waals surface area (Å²) in [4.78, 5) is 5.08. The number of para-hydroxylation sites is 2. The van der Waals surface area contributed by atoms with Crippen LogP contribution in [0.25, 0.3) is 55.6 Å². The summed E-state index contributed by atoms with van der Waals surface area (Å²) >= 11 is 7.26. The van der Waals surface area contributed by atoms with E-state index in [9.17, 15) is 0 Å². The smallest absolute Gasteiger partial charge is 0.0618 e. The Labute approximate surface area is 553 Å². The molecule has 0 heterocycles. The Balaban J connectivity index is 1.36. The third-order valence-corrected chi connectivity index (χ3v) is 18.5. The molecule has 468 valence electrons. The number of hydrogen-bond acceptors (Lipinski definition) is 2. The van der Waals surface area contributed by atoms with Crippen LogP contribution in [0.2, 0.25) is 5.02 Å². The zero-order valence-corrected chi connectivity index (χ0v) is 59.3. The molecule has 0 aliphatic heterocycles. The minimum atomic E-state index is -0.309. The Bertz CT molecular complexity index is 4040. The summed E-state index contributed by atoms with van der Waals surface area (Å²) in [7, 11) is 0. The fourth-order valence-electron chi connectivity index (χ4n) is 12.3. The SMILES string of the molecule is CC(C)(C)c1ccc(-c2cccc(-c3ccc(C(C)(C)C)cc3)c2N(c2cccc(Cl)c2)c2cc(N(c3cccc(-c4cc(C(C)(C)C)cc(C(C)(C)C)c4)c3)c3c(-c4ccc(C(C)(C)C)cc4)cccc3-c3ccc(C(C)(C)C)cc3)cc(C(C)(C)C)c2)cc1. The molecule has 0 aliphatic rings. The summed E-state index contributed by atoms with van der Waals surface area (Å²) in [5.41, 5.74) is 26.1. The maximum Gasteiger partial charge on any atom is 0.0618 e. The predicted molar refractivity (Wildman–Crippen MR) is 399 cm³/mol. The molecule has 91 heavy (non-hydrogen) atoms. The van der Waals surface area contributed by atoms with Gasteiger partial charge in [-0.1, -0.05) is 327 Å². The molecule has 0 aliphatic carbocycles. The molecule has 0 N–H and O–H groups in total. The van der Waals surface area contributed by atoms with Crippen molar-refractivity contribution < 1.29 is 0 Å². The molecular formula is C88H99ClN2. The van der Waals surface area contributed by atoms with E-state index in [1.165, 1.54) is 44.5 Å². The van der Waals surface area contributed by atoms with Crippen molar-refractivity contribution in [3.05, 3.63) is 262 Å². The second-order valence-corrected chi connectivity index (χ2v) is 33.1. The topological polar surface area (TPSA) is 6.48 Å². The van der Waals surface area contributed by atoms with Crippen molar-refractivity contribution in [2.24, 2.45) is 0 Å². The van der Waals surface area contributed by atoms with E-state index in [0.29, 0.717) is 5.02 Å². The van der Waals surface area contributed by atoms with Gasteiger partial charge in [0, 0.05) is 50.0 Å². The summed E-state index contributed by atoms with van der Waals surface area (Å²) in [5.74, 6) is 0. The Morgan fingerprint density at radius 2 is 0.484 bits per heavy atom. The minimum absolute atomic E-state index is 0.0178. The summed E-state index contributed by atoms with van der Waals surface area (Å²) in [6, 6.07) is 83.3. The summed E-state index contributed by atoms with van der Waals surface area (Å²) in [6.07, 6.45) is 0. The van der Waals surface area contributed by atoms with E-state index in [2.05, 4.69) is 368 Å². The van der Waals surface area contributed by atoms with Gasteiger partial charge in [0.2, 0.25) is 0 Å². The standard InChI is InChI=1S/C88H99ClN2/c1-82(2,3)64-42-34-58(35-43-64)76-30-24-31-77(59-36-44-65(45-37-59)83(4,5)6)80(76)90(72-28-22-26-62(52-72)63-50-68(86(13,14)15)53-69(51-63)87(16,17)18)74-54-70(88(19,20)21)55-75(57-74)91(73-29-23-27-71(89)56-73)81-78(60-38-46-66(47-39-60)84(7,8)9)32-25-33-79(81)61-40-48-67(49-41-61)85(10,11)12/h22-57H,1-21H3. The Kier molecular flexibility index (Phi) is 17.9. The van der Waals surface area contributed by atoms with Crippen molar-refractivity contribution in [3.63, 3.8) is 0 Å². The number of nitrogens with zero attached hydrogens (tertiary/aromatic N) is 2. The first kappa shape index (κ1) is 66.0. The van der Waals surface area contributed by atoms with Gasteiger partial charge in [0.25, 0.3) is 0 Å². The fourth-order valence-corrected chi connectivity index (χ4v) is 12.5. The molecule has 0 spiro atoms. The van der Waals surface area contributed by atoms with Crippen LogP contribution in [0.4, 0.5) is 34.1 Å². The van der Waals surface area contributed by atoms with Gasteiger partial charge < -0.3 is 9.80 Å². The molecule has 0 saturated heterocycles. The Morgan fingerprint density at radius 1 is 0.209 bits per heavy atom. The average molecular weight is 1220 g/mol. The molecule has 0 fully saturated rings. The normalized spacial score (nSPS) is 12.7. The van der Waals surface area contributed by atoms with Gasteiger partial charge in [-0.05, 0) is 159 Å². The number of anilines is 6. The van der Waals surface area contributed by atoms with Gasteiger partial charge in [-0.25, -0.2) is 0 Å². The van der Waals surface area contributed by atoms with Gasteiger partial charge in [-0.3, -0.25) is 0 Å². The highest BCUT2D eigenvalue weighted by Gasteiger charge is 2.31. The molecule has 10 aromatic rings. The average Bonchev–Trinajstić information content (AvgIpc) is 0.758. The number of rotatable bonds is 11. The Morgan fingerprint density at radius 3 is 0.780 bits per heavy atom. The van der Waals surface area contributed by atoms with Gasteiger partial charge >= 0.3 is 0 Å². The van der Waals surface area contributed by atoms with Crippen molar-refractivity contribution in [2.75, 3.05) is 9.80 Å². The number of hydrogen-bond donors (Lipinski definition) is 0. The van der Waals surface area contributed by atoms with Crippen LogP contribution < -0.4 is 9.80 Å². The van der Waals surface area contributed by atoms with Crippen LogP contribution in [0.5, 0.6) is 0 Å². The summed E-state index contributed by atoms with van der Waals surface area (Å²) in [5, 5.41) is 0.662. The van der Waals surface area contributed by atoms with Crippen LogP contribution in [-0.4, -0.2) is 0 Å². The van der Waals surface area contributed by atoms with Crippen LogP contribution in [-0.2, 0) is 37.9 Å². The van der Waals surface area contributed by atoms with Gasteiger partial charge in [0.05, 0.1) is 11.4 Å². The molecule has 10 rings (SSSR count). The maximum atomic E-state index is 7.26. The zero-order valence-electron chi connectivity index (χ0n) is 58.6. The van der Waals surface area contributed by atoms with Crippen molar-refractivity contribution in [3.8, 4) is 55.6 Å². The van der Waals surface area contributed by atoms with E-state index < -0.39 is 0 Å². The Hall–Kier alpha value is -7.91. The number of halogens is 1. The largest absolute Gasteiger partial charge is 0.309 e. The third-order valence-electron chi connectivity index (χ3n) is 18.2. The van der Waals surface area contributed by atoms with Crippen molar-refractivity contribution in [1.29, 1.82) is 0 Å². The molecule has 0 saturated carbocycles. The first-order chi connectivity index (χ1) is 42.4. The first-order valence-corrected chi connectivity index (χ1v) is 33.3.